The summed E-state index contributed by atoms with van der Waals surface area (Å²) in [5.74, 6) is -0.747. The van der Waals surface area contributed by atoms with Crippen LogP contribution in [0.25, 0.3) is 0 Å². The van der Waals surface area contributed by atoms with Gasteiger partial charge in [-0.15, -0.1) is 0 Å². The molecule has 1 atom stereocenters. The van der Waals surface area contributed by atoms with Gasteiger partial charge in [-0.2, -0.15) is 0 Å². The second kappa shape index (κ2) is 12.7. The summed E-state index contributed by atoms with van der Waals surface area (Å²) in [5, 5.41) is 2.95. The van der Waals surface area contributed by atoms with Gasteiger partial charge in [-0.05, 0) is 51.0 Å². The number of amides is 2. The van der Waals surface area contributed by atoms with Crippen LogP contribution < -0.4 is 9.62 Å². The number of benzene rings is 3. The molecule has 2 amide bonds. The predicted octanol–water partition coefficient (Wildman–Crippen LogP) is 4.23. The van der Waals surface area contributed by atoms with E-state index in [9.17, 15) is 18.0 Å². The first-order valence-electron chi connectivity index (χ1n) is 12.7. The van der Waals surface area contributed by atoms with Crippen molar-refractivity contribution in [3.63, 3.8) is 0 Å². The first-order chi connectivity index (χ1) is 17.9. The second-order valence-corrected chi connectivity index (χ2v) is 11.9. The maximum absolute atomic E-state index is 14.0. The molecular weight excluding hydrogens is 498 g/mol. The molecule has 1 N–H and O–H groups in total. The molecule has 0 aliphatic rings. The van der Waals surface area contributed by atoms with Crippen LogP contribution in [0.2, 0.25) is 0 Å². The second-order valence-electron chi connectivity index (χ2n) is 9.98. The molecule has 7 nitrogen and oxygen atoms in total. The van der Waals surface area contributed by atoms with Crippen LogP contribution in [0, 0.1) is 13.8 Å². The van der Waals surface area contributed by atoms with Gasteiger partial charge in [-0.1, -0.05) is 77.9 Å². The number of hydrogen-bond acceptors (Lipinski definition) is 4. The Morgan fingerprint density at radius 3 is 2.05 bits per heavy atom. The lowest BCUT2D eigenvalue weighted by molar-refractivity contribution is -0.140. The average Bonchev–Trinajstić information content (AvgIpc) is 2.85. The highest BCUT2D eigenvalue weighted by Gasteiger charge is 2.33. The molecular formula is C30H37N3O4S. The first-order valence-corrected chi connectivity index (χ1v) is 14.5. The lowest BCUT2D eigenvalue weighted by Crippen LogP contribution is -2.54. The van der Waals surface area contributed by atoms with Crippen molar-refractivity contribution in [1.29, 1.82) is 0 Å². The minimum atomic E-state index is -3.78. The zero-order valence-corrected chi connectivity index (χ0v) is 23.5. The van der Waals surface area contributed by atoms with Crippen LogP contribution in [0.1, 0.15) is 36.1 Å². The van der Waals surface area contributed by atoms with Crippen LogP contribution >= 0.6 is 0 Å². The fourth-order valence-corrected chi connectivity index (χ4v) is 5.12. The summed E-state index contributed by atoms with van der Waals surface area (Å²) in [6, 6.07) is 23.3. The molecule has 0 saturated heterocycles. The van der Waals surface area contributed by atoms with Crippen LogP contribution in [0.5, 0.6) is 0 Å². The fourth-order valence-electron chi connectivity index (χ4n) is 4.27. The Morgan fingerprint density at radius 2 is 1.47 bits per heavy atom. The molecule has 202 valence electrons. The Labute approximate surface area is 226 Å². The number of hydrogen-bond donors (Lipinski definition) is 1. The standard InChI is InChI=1S/C30H37N3O4S/c1-22(2)31-30(35)28(19-25-11-7-6-8-12-25)32(20-26-13-9-10-24(4)18-26)29(34)21-33(38(5,36)37)27-16-14-23(3)15-17-27/h6-18,22,28H,19-21H2,1-5H3,(H,31,35)/t28-/m0/s1. The lowest BCUT2D eigenvalue weighted by Gasteiger charge is -2.34. The predicted molar refractivity (Wildman–Crippen MR) is 152 cm³/mol. The van der Waals surface area contributed by atoms with E-state index in [0.29, 0.717) is 12.1 Å². The van der Waals surface area contributed by atoms with Gasteiger partial charge in [0.2, 0.25) is 21.8 Å². The largest absolute Gasteiger partial charge is 0.352 e. The Hall–Kier alpha value is -3.65. The highest BCUT2D eigenvalue weighted by Crippen LogP contribution is 2.21. The lowest BCUT2D eigenvalue weighted by atomic mass is 10.0. The minimum Gasteiger partial charge on any atom is -0.352 e. The van der Waals surface area contributed by atoms with Crippen molar-refractivity contribution < 1.29 is 18.0 Å². The van der Waals surface area contributed by atoms with Gasteiger partial charge in [0.1, 0.15) is 12.6 Å². The van der Waals surface area contributed by atoms with E-state index in [-0.39, 0.29) is 18.5 Å². The van der Waals surface area contributed by atoms with Crippen LogP contribution in [0.3, 0.4) is 0 Å². The van der Waals surface area contributed by atoms with Gasteiger partial charge in [0, 0.05) is 19.0 Å². The summed E-state index contributed by atoms with van der Waals surface area (Å²) in [4.78, 5) is 29.0. The first kappa shape index (κ1) is 28.9. The molecule has 38 heavy (non-hydrogen) atoms. The van der Waals surface area contributed by atoms with Gasteiger partial charge in [0.05, 0.1) is 11.9 Å². The molecule has 0 saturated carbocycles. The molecule has 0 aromatic heterocycles. The maximum Gasteiger partial charge on any atom is 0.244 e. The van der Waals surface area contributed by atoms with E-state index in [1.165, 1.54) is 4.90 Å². The van der Waals surface area contributed by atoms with Gasteiger partial charge >= 0.3 is 0 Å². The Bertz CT molecular complexity index is 1340. The van der Waals surface area contributed by atoms with Crippen LogP contribution in [0.15, 0.2) is 78.9 Å². The van der Waals surface area contributed by atoms with Gasteiger partial charge in [-0.3, -0.25) is 13.9 Å². The van der Waals surface area contributed by atoms with E-state index in [2.05, 4.69) is 5.32 Å². The van der Waals surface area contributed by atoms with Crippen molar-refractivity contribution >= 4 is 27.5 Å². The summed E-state index contributed by atoms with van der Waals surface area (Å²) in [6.45, 7) is 7.35. The highest BCUT2D eigenvalue weighted by atomic mass is 32.2. The molecule has 0 radical (unpaired) electrons. The smallest absolute Gasteiger partial charge is 0.244 e. The number of carbonyl (C=O) groups excluding carboxylic acids is 2. The van der Waals surface area contributed by atoms with Crippen LogP contribution in [0.4, 0.5) is 5.69 Å². The van der Waals surface area contributed by atoms with Crippen LogP contribution in [-0.2, 0) is 32.6 Å². The Kier molecular flexibility index (Phi) is 9.69. The number of nitrogens with zero attached hydrogens (tertiary/aromatic N) is 2. The molecule has 3 aromatic carbocycles. The molecule has 0 bridgehead atoms. The van der Waals surface area contributed by atoms with Crippen molar-refractivity contribution in [2.24, 2.45) is 0 Å². The molecule has 0 aliphatic heterocycles. The van der Waals surface area contributed by atoms with Crippen LogP contribution in [-0.4, -0.2) is 50.0 Å². The molecule has 3 rings (SSSR count). The number of nitrogens with one attached hydrogen (secondary N) is 1. The monoisotopic (exact) mass is 535 g/mol. The van der Waals surface area contributed by atoms with E-state index < -0.39 is 28.5 Å². The zero-order valence-electron chi connectivity index (χ0n) is 22.7. The highest BCUT2D eigenvalue weighted by molar-refractivity contribution is 7.92. The summed E-state index contributed by atoms with van der Waals surface area (Å²) < 4.78 is 26.7. The van der Waals surface area contributed by atoms with Gasteiger partial charge in [-0.25, -0.2) is 8.42 Å². The summed E-state index contributed by atoms with van der Waals surface area (Å²) in [5.41, 5.74) is 4.15. The third-order valence-electron chi connectivity index (χ3n) is 6.14. The van der Waals surface area contributed by atoms with E-state index in [4.69, 9.17) is 0 Å². The molecule has 0 spiro atoms. The molecule has 0 fully saturated rings. The number of carbonyl (C=O) groups is 2. The quantitative estimate of drug-likeness (QED) is 0.398. The summed E-state index contributed by atoms with van der Waals surface area (Å²) in [6.07, 6.45) is 1.37. The average molecular weight is 536 g/mol. The Balaban J connectivity index is 2.05. The fraction of sp³-hybridized carbons (Fsp3) is 0.333. The normalized spacial score (nSPS) is 12.2. The van der Waals surface area contributed by atoms with Gasteiger partial charge in [0.25, 0.3) is 0 Å². The number of rotatable bonds is 11. The maximum atomic E-state index is 14.0. The van der Waals surface area contributed by atoms with Gasteiger partial charge < -0.3 is 10.2 Å². The van der Waals surface area contributed by atoms with Gasteiger partial charge in [0.15, 0.2) is 0 Å². The number of aryl methyl sites for hydroxylation is 2. The van der Waals surface area contributed by atoms with Crippen molar-refractivity contribution in [1.82, 2.24) is 10.2 Å². The zero-order chi connectivity index (χ0) is 27.9. The summed E-state index contributed by atoms with van der Waals surface area (Å²) in [7, 11) is -3.78. The SMILES string of the molecule is Cc1ccc(N(CC(=O)N(Cc2cccc(C)c2)[C@@H](Cc2ccccc2)C(=O)NC(C)C)S(C)(=O)=O)cc1. The van der Waals surface area contributed by atoms with E-state index >= 15 is 0 Å². The number of sulfonamides is 1. The molecule has 0 unspecified atom stereocenters. The molecule has 3 aromatic rings. The van der Waals surface area contributed by atoms with Crippen molar-refractivity contribution in [2.75, 3.05) is 17.1 Å². The number of anilines is 1. The third-order valence-corrected chi connectivity index (χ3v) is 7.28. The summed E-state index contributed by atoms with van der Waals surface area (Å²) >= 11 is 0. The van der Waals surface area contributed by atoms with Crippen molar-refractivity contribution in [3.05, 3.63) is 101 Å². The molecule has 0 aliphatic carbocycles. The van der Waals surface area contributed by atoms with Crippen molar-refractivity contribution in [3.8, 4) is 0 Å². The van der Waals surface area contributed by atoms with E-state index in [0.717, 1.165) is 32.8 Å². The Morgan fingerprint density at radius 1 is 0.842 bits per heavy atom. The van der Waals surface area contributed by atoms with Crippen molar-refractivity contribution in [2.45, 2.75) is 52.7 Å². The topological polar surface area (TPSA) is 86.8 Å². The minimum absolute atomic E-state index is 0.128. The molecule has 0 heterocycles. The third kappa shape index (κ3) is 8.18. The molecule has 8 heteroatoms. The van der Waals surface area contributed by atoms with E-state index in [1.807, 2.05) is 82.3 Å². The van der Waals surface area contributed by atoms with E-state index in [1.54, 1.807) is 24.3 Å².